The number of hydrogen-bond donors (Lipinski definition) is 1. The molecule has 0 saturated carbocycles. The molecule has 7 heteroatoms. The molecular formula is C15H12F2N4S. The van der Waals surface area contributed by atoms with E-state index in [1.54, 1.807) is 18.2 Å². The second-order valence-corrected chi connectivity index (χ2v) is 5.54. The van der Waals surface area contributed by atoms with Gasteiger partial charge in [-0.3, -0.25) is 0 Å². The molecule has 0 unspecified atom stereocenters. The zero-order valence-electron chi connectivity index (χ0n) is 11.4. The van der Waals surface area contributed by atoms with E-state index in [9.17, 15) is 8.78 Å². The smallest absolute Gasteiger partial charge is 0.210 e. The molecule has 112 valence electrons. The van der Waals surface area contributed by atoms with E-state index in [0.29, 0.717) is 22.3 Å². The minimum absolute atomic E-state index is 0.278. The number of nitrogens with zero attached hydrogens (tertiary/aromatic N) is 3. The van der Waals surface area contributed by atoms with Gasteiger partial charge in [0.25, 0.3) is 0 Å². The Hall–Kier alpha value is -2.41. The topological polar surface area (TPSA) is 56.7 Å². The standard InChI is InChI=1S/C15H12F2N4S/c16-12-6-4-11(5-7-12)14-19-20-15(21(14)18)22-9-10-2-1-3-13(17)8-10/h1-8H,9,18H2. The van der Waals surface area contributed by atoms with E-state index in [-0.39, 0.29) is 11.6 Å². The molecule has 0 atom stereocenters. The lowest BCUT2D eigenvalue weighted by molar-refractivity contribution is 0.626. The van der Waals surface area contributed by atoms with E-state index in [2.05, 4.69) is 10.2 Å². The van der Waals surface area contributed by atoms with Crippen molar-refractivity contribution in [2.45, 2.75) is 10.9 Å². The van der Waals surface area contributed by atoms with Crippen molar-refractivity contribution < 1.29 is 8.78 Å². The van der Waals surface area contributed by atoms with Crippen LogP contribution in [-0.2, 0) is 5.75 Å². The van der Waals surface area contributed by atoms with Crippen molar-refractivity contribution in [1.82, 2.24) is 14.9 Å². The maximum Gasteiger partial charge on any atom is 0.210 e. The summed E-state index contributed by atoms with van der Waals surface area (Å²) in [6, 6.07) is 12.2. The van der Waals surface area contributed by atoms with E-state index in [1.807, 2.05) is 6.07 Å². The van der Waals surface area contributed by atoms with Crippen molar-refractivity contribution in [2.75, 3.05) is 5.84 Å². The molecule has 0 radical (unpaired) electrons. The molecule has 1 heterocycles. The van der Waals surface area contributed by atoms with Gasteiger partial charge in [-0.2, -0.15) is 0 Å². The van der Waals surface area contributed by atoms with Crippen molar-refractivity contribution in [3.8, 4) is 11.4 Å². The van der Waals surface area contributed by atoms with Crippen LogP contribution in [0.1, 0.15) is 5.56 Å². The largest absolute Gasteiger partial charge is 0.335 e. The van der Waals surface area contributed by atoms with Crippen LogP contribution in [0.4, 0.5) is 8.78 Å². The molecule has 0 spiro atoms. The minimum atomic E-state index is -0.326. The Bertz CT molecular complexity index is 786. The maximum absolute atomic E-state index is 13.1. The molecule has 2 N–H and O–H groups in total. The predicted molar refractivity (Wildman–Crippen MR) is 81.5 cm³/mol. The first-order chi connectivity index (χ1) is 10.6. The molecule has 3 aromatic rings. The van der Waals surface area contributed by atoms with Gasteiger partial charge in [0, 0.05) is 11.3 Å². The van der Waals surface area contributed by atoms with Crippen LogP contribution >= 0.6 is 11.8 Å². The highest BCUT2D eigenvalue weighted by molar-refractivity contribution is 7.98. The first kappa shape index (κ1) is 14.5. The van der Waals surface area contributed by atoms with Gasteiger partial charge in [0.2, 0.25) is 5.16 Å². The second kappa shape index (κ2) is 6.15. The molecule has 0 amide bonds. The molecule has 0 aliphatic rings. The van der Waals surface area contributed by atoms with Gasteiger partial charge in [0.05, 0.1) is 0 Å². The number of rotatable bonds is 4. The van der Waals surface area contributed by atoms with Gasteiger partial charge in [-0.05, 0) is 42.0 Å². The Kier molecular flexibility index (Phi) is 4.06. The molecule has 0 fully saturated rings. The minimum Gasteiger partial charge on any atom is -0.335 e. The molecule has 0 aliphatic carbocycles. The van der Waals surface area contributed by atoms with Gasteiger partial charge >= 0.3 is 0 Å². The number of hydrogen-bond acceptors (Lipinski definition) is 4. The van der Waals surface area contributed by atoms with Gasteiger partial charge in [-0.15, -0.1) is 10.2 Å². The zero-order valence-corrected chi connectivity index (χ0v) is 12.2. The van der Waals surface area contributed by atoms with Gasteiger partial charge in [0.1, 0.15) is 11.6 Å². The average molecular weight is 318 g/mol. The number of benzene rings is 2. The summed E-state index contributed by atoms with van der Waals surface area (Å²) in [6.07, 6.45) is 0. The molecule has 0 saturated heterocycles. The van der Waals surface area contributed by atoms with Crippen molar-refractivity contribution in [1.29, 1.82) is 0 Å². The Balaban J connectivity index is 1.77. The first-order valence-electron chi connectivity index (χ1n) is 6.47. The second-order valence-electron chi connectivity index (χ2n) is 4.60. The molecule has 0 bridgehead atoms. The van der Waals surface area contributed by atoms with Crippen LogP contribution in [0.2, 0.25) is 0 Å². The van der Waals surface area contributed by atoms with E-state index in [1.165, 1.54) is 40.7 Å². The van der Waals surface area contributed by atoms with E-state index in [0.717, 1.165) is 5.56 Å². The quantitative estimate of drug-likeness (QED) is 0.593. The van der Waals surface area contributed by atoms with E-state index >= 15 is 0 Å². The van der Waals surface area contributed by atoms with Crippen LogP contribution in [0, 0.1) is 11.6 Å². The van der Waals surface area contributed by atoms with Gasteiger partial charge in [0.15, 0.2) is 5.82 Å². The van der Waals surface area contributed by atoms with Crippen LogP contribution in [-0.4, -0.2) is 14.9 Å². The van der Waals surface area contributed by atoms with Crippen molar-refractivity contribution in [2.24, 2.45) is 0 Å². The van der Waals surface area contributed by atoms with E-state index < -0.39 is 0 Å². The number of thioether (sulfide) groups is 1. The average Bonchev–Trinajstić information content (AvgIpc) is 2.87. The molecular weight excluding hydrogens is 306 g/mol. The number of nitrogen functional groups attached to an aromatic ring is 1. The van der Waals surface area contributed by atoms with Gasteiger partial charge in [-0.25, -0.2) is 13.5 Å². The highest BCUT2D eigenvalue weighted by atomic mass is 32.2. The third-order valence-corrected chi connectivity index (χ3v) is 4.04. The summed E-state index contributed by atoms with van der Waals surface area (Å²) in [7, 11) is 0. The zero-order chi connectivity index (χ0) is 15.5. The summed E-state index contributed by atoms with van der Waals surface area (Å²) in [5.41, 5.74) is 1.50. The monoisotopic (exact) mass is 318 g/mol. The third-order valence-electron chi connectivity index (χ3n) is 3.02. The lowest BCUT2D eigenvalue weighted by Gasteiger charge is -2.04. The van der Waals surface area contributed by atoms with Crippen LogP contribution in [0.3, 0.4) is 0 Å². The van der Waals surface area contributed by atoms with Crippen LogP contribution in [0.5, 0.6) is 0 Å². The number of nitrogens with two attached hydrogens (primary N) is 1. The van der Waals surface area contributed by atoms with Crippen molar-refractivity contribution in [3.63, 3.8) is 0 Å². The Morgan fingerprint density at radius 1 is 1.00 bits per heavy atom. The molecule has 3 rings (SSSR count). The predicted octanol–water partition coefficient (Wildman–Crippen LogP) is 3.23. The van der Waals surface area contributed by atoms with E-state index in [4.69, 9.17) is 5.84 Å². The third kappa shape index (κ3) is 3.09. The number of aromatic nitrogens is 3. The lowest BCUT2D eigenvalue weighted by atomic mass is 10.2. The highest BCUT2D eigenvalue weighted by Crippen LogP contribution is 2.24. The summed E-state index contributed by atoms with van der Waals surface area (Å²) >= 11 is 1.35. The maximum atomic E-state index is 13.1. The van der Waals surface area contributed by atoms with Gasteiger partial charge in [-0.1, -0.05) is 23.9 Å². The Labute approximate surface area is 130 Å². The van der Waals surface area contributed by atoms with Crippen LogP contribution in [0.15, 0.2) is 53.7 Å². The summed E-state index contributed by atoms with van der Waals surface area (Å²) in [5.74, 6) is 6.34. The molecule has 4 nitrogen and oxygen atoms in total. The summed E-state index contributed by atoms with van der Waals surface area (Å²) in [6.45, 7) is 0. The fourth-order valence-corrected chi connectivity index (χ4v) is 2.75. The summed E-state index contributed by atoms with van der Waals surface area (Å²) < 4.78 is 27.4. The SMILES string of the molecule is Nn1c(SCc2cccc(F)c2)nnc1-c1ccc(F)cc1. The fourth-order valence-electron chi connectivity index (χ4n) is 1.95. The molecule has 2 aromatic carbocycles. The van der Waals surface area contributed by atoms with Gasteiger partial charge < -0.3 is 5.84 Å². The van der Waals surface area contributed by atoms with Crippen molar-refractivity contribution >= 4 is 11.8 Å². The molecule has 1 aromatic heterocycles. The summed E-state index contributed by atoms with van der Waals surface area (Å²) in [4.78, 5) is 0. The van der Waals surface area contributed by atoms with Crippen molar-refractivity contribution in [3.05, 3.63) is 65.7 Å². The highest BCUT2D eigenvalue weighted by Gasteiger charge is 2.12. The molecule has 0 aliphatic heterocycles. The first-order valence-corrected chi connectivity index (χ1v) is 7.46. The lowest BCUT2D eigenvalue weighted by Crippen LogP contribution is -2.11. The number of halogens is 2. The molecule has 22 heavy (non-hydrogen) atoms. The normalized spacial score (nSPS) is 10.8. The van der Waals surface area contributed by atoms with Crippen LogP contribution < -0.4 is 5.84 Å². The Morgan fingerprint density at radius 2 is 1.77 bits per heavy atom. The summed E-state index contributed by atoms with van der Waals surface area (Å²) in [5, 5.41) is 8.53. The van der Waals surface area contributed by atoms with Crippen LogP contribution in [0.25, 0.3) is 11.4 Å². The Morgan fingerprint density at radius 3 is 2.50 bits per heavy atom. The fraction of sp³-hybridized carbons (Fsp3) is 0.0667.